The van der Waals surface area contributed by atoms with Gasteiger partial charge >= 0.3 is 11.9 Å². The number of ether oxygens (including phenoxy) is 2. The van der Waals surface area contributed by atoms with E-state index in [2.05, 4.69) is 172 Å². The highest BCUT2D eigenvalue weighted by Crippen LogP contribution is 2.16. The number of aliphatic hydroxyl groups excluding tert-OH is 1. The highest BCUT2D eigenvalue weighted by molar-refractivity contribution is 5.70. The predicted octanol–water partition coefficient (Wildman–Crippen LogP) is 23.9. The van der Waals surface area contributed by atoms with Crippen LogP contribution in [0.25, 0.3) is 0 Å². The van der Waals surface area contributed by atoms with E-state index in [4.69, 9.17) is 9.47 Å². The van der Waals surface area contributed by atoms with Crippen LogP contribution in [-0.2, 0) is 19.1 Å². The van der Waals surface area contributed by atoms with Gasteiger partial charge in [-0.2, -0.15) is 0 Å². The molecule has 464 valence electrons. The Balaban J connectivity index is 3.52. The summed E-state index contributed by atoms with van der Waals surface area (Å²) in [5.41, 5.74) is 0. The number of aliphatic hydroxyl groups is 1. The molecule has 0 amide bonds. The van der Waals surface area contributed by atoms with E-state index in [0.717, 1.165) is 122 Å². The van der Waals surface area contributed by atoms with Gasteiger partial charge in [0.1, 0.15) is 6.61 Å². The Kier molecular flexibility index (Phi) is 66.9. The quantitative estimate of drug-likeness (QED) is 0.0373. The fourth-order valence-corrected chi connectivity index (χ4v) is 9.31. The highest BCUT2D eigenvalue weighted by Gasteiger charge is 2.16. The summed E-state index contributed by atoms with van der Waals surface area (Å²) in [7, 11) is 0. The summed E-state index contributed by atoms with van der Waals surface area (Å²) < 4.78 is 10.8. The van der Waals surface area contributed by atoms with E-state index in [1.54, 1.807) is 0 Å². The van der Waals surface area contributed by atoms with Crippen molar-refractivity contribution in [2.24, 2.45) is 0 Å². The van der Waals surface area contributed by atoms with Gasteiger partial charge in [-0.1, -0.05) is 320 Å². The first-order chi connectivity index (χ1) is 40.6. The third-order valence-electron chi connectivity index (χ3n) is 14.3. The average Bonchev–Trinajstić information content (AvgIpc) is 3.49. The third-order valence-corrected chi connectivity index (χ3v) is 14.3. The van der Waals surface area contributed by atoms with E-state index in [9.17, 15) is 14.7 Å². The average molecular weight is 1130 g/mol. The predicted molar refractivity (Wildman–Crippen MR) is 361 cm³/mol. The van der Waals surface area contributed by atoms with E-state index in [1.165, 1.54) is 148 Å². The monoisotopic (exact) mass is 1130 g/mol. The van der Waals surface area contributed by atoms with E-state index in [0.29, 0.717) is 12.8 Å². The van der Waals surface area contributed by atoms with Crippen molar-refractivity contribution in [2.75, 3.05) is 13.2 Å². The van der Waals surface area contributed by atoms with Crippen molar-refractivity contribution in [3.05, 3.63) is 158 Å². The highest BCUT2D eigenvalue weighted by atomic mass is 16.6. The lowest BCUT2D eigenvalue weighted by molar-refractivity contribution is -0.161. The Morgan fingerprint density at radius 3 is 0.732 bits per heavy atom. The minimum Gasteiger partial charge on any atom is -0.462 e. The summed E-state index contributed by atoms with van der Waals surface area (Å²) >= 11 is 0. The van der Waals surface area contributed by atoms with Crippen molar-refractivity contribution in [1.29, 1.82) is 0 Å². The van der Waals surface area contributed by atoms with Gasteiger partial charge in [-0.25, -0.2) is 0 Å². The Bertz CT molecular complexity index is 1760. The second-order valence-electron chi connectivity index (χ2n) is 22.1. The first kappa shape index (κ1) is 77.5. The lowest BCUT2D eigenvalue weighted by atomic mass is 10.0. The van der Waals surface area contributed by atoms with Gasteiger partial charge in [-0.3, -0.25) is 9.59 Å². The molecule has 1 atom stereocenters. The van der Waals surface area contributed by atoms with Gasteiger partial charge in [0.05, 0.1) is 6.61 Å². The van der Waals surface area contributed by atoms with Crippen LogP contribution in [0.5, 0.6) is 0 Å². The maximum atomic E-state index is 12.4. The molecule has 0 fully saturated rings. The van der Waals surface area contributed by atoms with Crippen LogP contribution in [0.15, 0.2) is 158 Å². The molecule has 1 unspecified atom stereocenters. The van der Waals surface area contributed by atoms with E-state index < -0.39 is 6.10 Å². The molecule has 0 bridgehead atoms. The summed E-state index contributed by atoms with van der Waals surface area (Å²) in [5, 5.41) is 9.70. The fourth-order valence-electron chi connectivity index (χ4n) is 9.31. The lowest BCUT2D eigenvalue weighted by Gasteiger charge is -2.15. The molecule has 82 heavy (non-hydrogen) atoms. The van der Waals surface area contributed by atoms with E-state index >= 15 is 0 Å². The molecule has 0 radical (unpaired) electrons. The topological polar surface area (TPSA) is 72.8 Å². The molecule has 0 heterocycles. The number of esters is 2. The Morgan fingerprint density at radius 1 is 0.280 bits per heavy atom. The zero-order chi connectivity index (χ0) is 59.1. The smallest absolute Gasteiger partial charge is 0.306 e. The Morgan fingerprint density at radius 2 is 0.488 bits per heavy atom. The molecule has 0 aliphatic carbocycles. The molecular weight excluding hydrogens is 1000 g/mol. The van der Waals surface area contributed by atoms with Crippen LogP contribution in [0, 0.1) is 0 Å². The van der Waals surface area contributed by atoms with Crippen LogP contribution in [0.4, 0.5) is 0 Å². The second kappa shape index (κ2) is 70.8. The van der Waals surface area contributed by atoms with Crippen molar-refractivity contribution in [2.45, 2.75) is 302 Å². The fraction of sp³-hybridized carbons (Fsp3) is 0.636. The number of hydrogen-bond acceptors (Lipinski definition) is 5. The van der Waals surface area contributed by atoms with Gasteiger partial charge in [0.15, 0.2) is 6.10 Å². The molecule has 0 rings (SSSR count). The van der Waals surface area contributed by atoms with Gasteiger partial charge in [0.2, 0.25) is 0 Å². The van der Waals surface area contributed by atoms with E-state index in [-0.39, 0.29) is 25.2 Å². The molecule has 0 aromatic rings. The van der Waals surface area contributed by atoms with Crippen molar-refractivity contribution < 1.29 is 24.2 Å². The molecule has 5 nitrogen and oxygen atoms in total. The van der Waals surface area contributed by atoms with Gasteiger partial charge < -0.3 is 14.6 Å². The van der Waals surface area contributed by atoms with Crippen LogP contribution < -0.4 is 0 Å². The molecule has 0 aromatic carbocycles. The first-order valence-electron chi connectivity index (χ1n) is 34.0. The van der Waals surface area contributed by atoms with Crippen LogP contribution >= 0.6 is 0 Å². The SMILES string of the molecule is CC/C=C\C/C=C\C/C=C\C/C=C\C/C=C\C/C=C\C/C=C\C/C=C\CCCCCCCCCCCCCCCCC(=O)OC(CO)COC(=O)CCCCCCCCCCCCCCC/C=C\C/C=C\C/C=C\C/C=C\C/C=C\CC. The minimum atomic E-state index is -0.784. The summed E-state index contributed by atoms with van der Waals surface area (Å²) in [6, 6.07) is 0. The first-order valence-corrected chi connectivity index (χ1v) is 34.0. The van der Waals surface area contributed by atoms with Crippen molar-refractivity contribution >= 4 is 11.9 Å². The van der Waals surface area contributed by atoms with E-state index in [1.807, 2.05) is 0 Å². The number of allylic oxidation sites excluding steroid dienone is 26. The van der Waals surface area contributed by atoms with Gasteiger partial charge in [-0.15, -0.1) is 0 Å². The number of unbranched alkanes of at least 4 members (excludes halogenated alkanes) is 27. The van der Waals surface area contributed by atoms with Crippen molar-refractivity contribution in [3.8, 4) is 0 Å². The van der Waals surface area contributed by atoms with Gasteiger partial charge in [0, 0.05) is 12.8 Å². The summed E-state index contributed by atoms with van der Waals surface area (Å²) in [4.78, 5) is 24.6. The molecule has 1 N–H and O–H groups in total. The zero-order valence-electron chi connectivity index (χ0n) is 53.2. The minimum absolute atomic E-state index is 0.0726. The van der Waals surface area contributed by atoms with Gasteiger partial charge in [0.25, 0.3) is 0 Å². The Labute approximate surface area is 507 Å². The van der Waals surface area contributed by atoms with Crippen LogP contribution in [0.3, 0.4) is 0 Å². The number of hydrogen-bond donors (Lipinski definition) is 1. The molecule has 0 aliphatic rings. The largest absolute Gasteiger partial charge is 0.462 e. The number of carbonyl (C=O) groups is 2. The summed E-state index contributed by atoms with van der Waals surface area (Å²) in [5.74, 6) is -0.592. The molecular formula is C77H126O5. The van der Waals surface area contributed by atoms with Crippen LogP contribution in [-0.4, -0.2) is 36.4 Å². The van der Waals surface area contributed by atoms with Crippen molar-refractivity contribution in [3.63, 3.8) is 0 Å². The molecule has 0 spiro atoms. The van der Waals surface area contributed by atoms with Crippen molar-refractivity contribution in [1.82, 2.24) is 0 Å². The maximum Gasteiger partial charge on any atom is 0.306 e. The normalized spacial score (nSPS) is 13.3. The molecule has 0 aromatic heterocycles. The number of carbonyl (C=O) groups excluding carboxylic acids is 2. The molecule has 0 saturated carbocycles. The standard InChI is InChI=1S/C77H126O5/c1-3-5-7-9-11-13-15-17-19-21-23-25-27-29-31-33-34-35-36-37-38-39-40-41-42-44-46-48-50-52-54-56-58-60-62-64-66-68-70-72-77(80)82-75(73-78)74-81-76(79)71-69-67-65-63-61-59-57-55-53-51-49-47-45-43-32-30-28-26-24-22-20-18-16-14-12-10-8-6-4-2/h5-8,11-14,17-20,23-26,29-32,34-35,37-38,40-41,75,78H,3-4,9-10,15-16,21-22,27-28,33,36,39,42-74H2,1-2H3/b7-5-,8-6-,13-11-,14-12-,19-17-,20-18-,25-23-,26-24-,31-29-,32-30-,35-34-,38-37-,41-40-. The molecule has 0 saturated heterocycles. The maximum absolute atomic E-state index is 12.4. The third kappa shape index (κ3) is 68.0. The Hall–Kier alpha value is -4.48. The van der Waals surface area contributed by atoms with Crippen LogP contribution in [0.2, 0.25) is 0 Å². The summed E-state index contributed by atoms with van der Waals surface area (Å²) in [6.07, 6.45) is 108. The molecule has 5 heteroatoms. The summed E-state index contributed by atoms with van der Waals surface area (Å²) in [6.45, 7) is 3.92. The molecule has 0 aliphatic heterocycles. The number of rotatable bonds is 61. The lowest BCUT2D eigenvalue weighted by Crippen LogP contribution is -2.28. The van der Waals surface area contributed by atoms with Crippen LogP contribution in [0.1, 0.15) is 296 Å². The van der Waals surface area contributed by atoms with Gasteiger partial charge in [-0.05, 0) is 122 Å². The zero-order valence-corrected chi connectivity index (χ0v) is 53.2. The second-order valence-corrected chi connectivity index (χ2v) is 22.1.